The molecule has 5 rings (SSSR count). The maximum Gasteiger partial charge on any atom is 0.256 e. The second-order valence-corrected chi connectivity index (χ2v) is 11.2. The number of likely N-dealkylation sites (tertiary alicyclic amines) is 2. The van der Waals surface area contributed by atoms with E-state index in [4.69, 9.17) is 0 Å². The Hall–Kier alpha value is -2.10. The quantitative estimate of drug-likeness (QED) is 0.641. The summed E-state index contributed by atoms with van der Waals surface area (Å²) < 4.78 is 27.7. The molecule has 35 heavy (non-hydrogen) atoms. The molecular weight excluding hydrogens is 454 g/mol. The second kappa shape index (κ2) is 9.09. The first-order chi connectivity index (χ1) is 16.6. The standard InChI is InChI=1S/C26H36F2N4O3/c1-19(20-5-3-2-4-6-20)13-22(33)30-11-9-25(35,10-12-30)17-32-18-29-21(14-23(32)34)31-15-24(16-31)7-8-26(24,27)28/h2-6,19,21,29,35H,7-18H2,1H3/t19-,21?/m1/s1. The average molecular weight is 491 g/mol. The van der Waals surface area contributed by atoms with Crippen LogP contribution in [0, 0.1) is 5.41 Å². The van der Waals surface area contributed by atoms with Crippen molar-refractivity contribution in [2.75, 3.05) is 39.4 Å². The summed E-state index contributed by atoms with van der Waals surface area (Å²) in [7, 11) is 0. The number of aliphatic hydroxyl groups is 1. The van der Waals surface area contributed by atoms with E-state index < -0.39 is 16.9 Å². The first kappa shape index (κ1) is 24.6. The van der Waals surface area contributed by atoms with Gasteiger partial charge < -0.3 is 14.9 Å². The van der Waals surface area contributed by atoms with Crippen molar-refractivity contribution >= 4 is 11.8 Å². The Morgan fingerprint density at radius 3 is 2.40 bits per heavy atom. The van der Waals surface area contributed by atoms with E-state index in [-0.39, 0.29) is 43.3 Å². The van der Waals surface area contributed by atoms with Crippen LogP contribution < -0.4 is 5.32 Å². The zero-order chi connectivity index (χ0) is 24.8. The molecule has 1 unspecified atom stereocenters. The fourth-order valence-electron chi connectivity index (χ4n) is 6.06. The van der Waals surface area contributed by atoms with Crippen molar-refractivity contribution in [2.24, 2.45) is 5.41 Å². The predicted molar refractivity (Wildman–Crippen MR) is 127 cm³/mol. The molecule has 1 saturated carbocycles. The molecule has 2 N–H and O–H groups in total. The highest BCUT2D eigenvalue weighted by Crippen LogP contribution is 2.59. The lowest BCUT2D eigenvalue weighted by Gasteiger charge is -2.62. The molecular formula is C26H36F2N4O3. The molecule has 1 aromatic carbocycles. The summed E-state index contributed by atoms with van der Waals surface area (Å²) in [5.74, 6) is -2.43. The van der Waals surface area contributed by atoms with Gasteiger partial charge in [-0.3, -0.25) is 19.8 Å². The van der Waals surface area contributed by atoms with Crippen LogP contribution in [0.1, 0.15) is 56.9 Å². The number of amides is 2. The number of hydrogen-bond donors (Lipinski definition) is 2. The second-order valence-electron chi connectivity index (χ2n) is 11.2. The number of β-amino-alcohol motifs (C(OH)–C–C–N with tert-alkyl or cyclic N) is 1. The summed E-state index contributed by atoms with van der Waals surface area (Å²) in [6.45, 7) is 4.17. The predicted octanol–water partition coefficient (Wildman–Crippen LogP) is 2.37. The van der Waals surface area contributed by atoms with Gasteiger partial charge in [-0.25, -0.2) is 8.78 Å². The number of nitrogens with one attached hydrogen (secondary N) is 1. The van der Waals surface area contributed by atoms with Crippen LogP contribution >= 0.6 is 0 Å². The summed E-state index contributed by atoms with van der Waals surface area (Å²) in [6, 6.07) is 9.97. The van der Waals surface area contributed by atoms with E-state index in [1.165, 1.54) is 0 Å². The first-order valence-electron chi connectivity index (χ1n) is 12.8. The molecule has 9 heteroatoms. The van der Waals surface area contributed by atoms with Gasteiger partial charge >= 0.3 is 0 Å². The van der Waals surface area contributed by atoms with Crippen molar-refractivity contribution in [1.82, 2.24) is 20.0 Å². The number of alkyl halides is 2. The topological polar surface area (TPSA) is 76.1 Å². The largest absolute Gasteiger partial charge is 0.388 e. The van der Waals surface area contributed by atoms with Gasteiger partial charge in [0.15, 0.2) is 0 Å². The fourth-order valence-corrected chi connectivity index (χ4v) is 6.06. The van der Waals surface area contributed by atoms with Gasteiger partial charge in [-0.2, -0.15) is 0 Å². The lowest BCUT2D eigenvalue weighted by Crippen LogP contribution is -2.74. The third-order valence-corrected chi connectivity index (χ3v) is 8.77. The number of carbonyl (C=O) groups is 2. The van der Waals surface area contributed by atoms with Crippen LogP contribution in [-0.2, 0) is 9.59 Å². The van der Waals surface area contributed by atoms with E-state index in [9.17, 15) is 23.5 Å². The molecule has 0 radical (unpaired) electrons. The Morgan fingerprint density at radius 2 is 1.83 bits per heavy atom. The third-order valence-electron chi connectivity index (χ3n) is 8.77. The smallest absolute Gasteiger partial charge is 0.256 e. The van der Waals surface area contributed by atoms with Gasteiger partial charge in [0.2, 0.25) is 11.8 Å². The molecule has 1 spiro atoms. The zero-order valence-electron chi connectivity index (χ0n) is 20.4. The van der Waals surface area contributed by atoms with E-state index in [0.29, 0.717) is 58.5 Å². The fraction of sp³-hybridized carbons (Fsp3) is 0.692. The van der Waals surface area contributed by atoms with Crippen LogP contribution in [0.15, 0.2) is 30.3 Å². The Labute approximate surface area is 205 Å². The van der Waals surface area contributed by atoms with Gasteiger partial charge in [-0.05, 0) is 30.7 Å². The van der Waals surface area contributed by atoms with E-state index >= 15 is 0 Å². The zero-order valence-corrected chi connectivity index (χ0v) is 20.4. The van der Waals surface area contributed by atoms with E-state index in [1.807, 2.05) is 47.1 Å². The normalized spacial score (nSPS) is 28.3. The average Bonchev–Trinajstić information content (AvgIpc) is 2.80. The Balaban J connectivity index is 1.06. The van der Waals surface area contributed by atoms with Crippen molar-refractivity contribution in [2.45, 2.75) is 69.1 Å². The number of halogens is 2. The van der Waals surface area contributed by atoms with Gasteiger partial charge in [0.1, 0.15) is 0 Å². The molecule has 0 bridgehead atoms. The molecule has 192 valence electrons. The van der Waals surface area contributed by atoms with Gasteiger partial charge in [0.25, 0.3) is 5.92 Å². The van der Waals surface area contributed by atoms with Crippen LogP contribution in [0.5, 0.6) is 0 Å². The Bertz CT molecular complexity index is 945. The highest BCUT2D eigenvalue weighted by Gasteiger charge is 2.67. The van der Waals surface area contributed by atoms with Crippen LogP contribution in [0.2, 0.25) is 0 Å². The summed E-state index contributed by atoms with van der Waals surface area (Å²) in [6.07, 6.45) is 1.81. The minimum absolute atomic E-state index is 0.0285. The summed E-state index contributed by atoms with van der Waals surface area (Å²) >= 11 is 0. The molecule has 3 aliphatic heterocycles. The number of hydrogen-bond acceptors (Lipinski definition) is 5. The lowest BCUT2D eigenvalue weighted by molar-refractivity contribution is -0.267. The number of piperidine rings is 1. The molecule has 2 amide bonds. The summed E-state index contributed by atoms with van der Waals surface area (Å²) in [5.41, 5.74) is -0.770. The van der Waals surface area contributed by atoms with Crippen molar-refractivity contribution in [1.29, 1.82) is 0 Å². The Morgan fingerprint density at radius 1 is 1.14 bits per heavy atom. The molecule has 0 aromatic heterocycles. The van der Waals surface area contributed by atoms with Gasteiger partial charge in [-0.1, -0.05) is 37.3 Å². The maximum absolute atomic E-state index is 13.9. The molecule has 3 saturated heterocycles. The number of carbonyl (C=O) groups excluding carboxylic acids is 2. The third kappa shape index (κ3) is 4.70. The lowest BCUT2D eigenvalue weighted by atomic mass is 9.60. The van der Waals surface area contributed by atoms with Gasteiger partial charge in [-0.15, -0.1) is 0 Å². The molecule has 1 aliphatic carbocycles. The van der Waals surface area contributed by atoms with Crippen molar-refractivity contribution in [3.63, 3.8) is 0 Å². The number of rotatable bonds is 6. The monoisotopic (exact) mass is 490 g/mol. The van der Waals surface area contributed by atoms with Crippen LogP contribution in [0.3, 0.4) is 0 Å². The molecule has 2 atom stereocenters. The van der Waals surface area contributed by atoms with E-state index in [0.717, 1.165) is 5.56 Å². The van der Waals surface area contributed by atoms with Crippen LogP contribution in [0.25, 0.3) is 0 Å². The van der Waals surface area contributed by atoms with Crippen molar-refractivity contribution in [3.05, 3.63) is 35.9 Å². The molecule has 4 fully saturated rings. The summed E-state index contributed by atoms with van der Waals surface area (Å²) in [5, 5.41) is 14.4. The van der Waals surface area contributed by atoms with Crippen molar-refractivity contribution in [3.8, 4) is 0 Å². The number of benzene rings is 1. The minimum Gasteiger partial charge on any atom is -0.388 e. The van der Waals surface area contributed by atoms with Gasteiger partial charge in [0.05, 0.1) is 36.8 Å². The molecule has 1 aromatic rings. The Kier molecular flexibility index (Phi) is 6.38. The summed E-state index contributed by atoms with van der Waals surface area (Å²) in [4.78, 5) is 31.0. The van der Waals surface area contributed by atoms with E-state index in [1.54, 1.807) is 4.90 Å². The first-order valence-corrected chi connectivity index (χ1v) is 12.8. The number of nitrogens with zero attached hydrogens (tertiary/aromatic N) is 3. The molecule has 4 aliphatic rings. The highest BCUT2D eigenvalue weighted by molar-refractivity contribution is 5.78. The van der Waals surface area contributed by atoms with Crippen molar-refractivity contribution < 1.29 is 23.5 Å². The van der Waals surface area contributed by atoms with Crippen LogP contribution in [-0.4, -0.2) is 88.7 Å². The van der Waals surface area contributed by atoms with Crippen LogP contribution in [0.4, 0.5) is 8.78 Å². The molecule has 3 heterocycles. The van der Waals surface area contributed by atoms with Gasteiger partial charge in [0, 0.05) is 39.0 Å². The molecule has 7 nitrogen and oxygen atoms in total. The van der Waals surface area contributed by atoms with E-state index in [2.05, 4.69) is 5.32 Å². The maximum atomic E-state index is 13.9. The SMILES string of the molecule is C[C@H](CC(=O)N1CCC(O)(CN2CNC(N3CC4(CCC4(F)F)C3)CC2=O)CC1)c1ccccc1. The highest BCUT2D eigenvalue weighted by atomic mass is 19.3. The minimum atomic E-state index is -2.58.